The van der Waals surface area contributed by atoms with Gasteiger partial charge in [-0.25, -0.2) is 4.99 Å². The summed E-state index contributed by atoms with van der Waals surface area (Å²) >= 11 is 0. The second-order valence-electron chi connectivity index (χ2n) is 3.92. The highest BCUT2D eigenvalue weighted by molar-refractivity contribution is 6.05. The van der Waals surface area contributed by atoms with Gasteiger partial charge in [0.2, 0.25) is 0 Å². The Morgan fingerprint density at radius 2 is 1.55 bits per heavy atom. The van der Waals surface area contributed by atoms with Gasteiger partial charge in [0.25, 0.3) is 0 Å². The number of nitrogens with one attached hydrogen (secondary N) is 1. The minimum Gasteiger partial charge on any atom is -0.340 e. The summed E-state index contributed by atoms with van der Waals surface area (Å²) in [5.41, 5.74) is 1.92. The summed E-state index contributed by atoms with van der Waals surface area (Å²) in [6, 6.07) is 19.8. The standard InChI is InChI=1S/C17H16N2.ClH/c1-2-3-14-17(18-15-10-6-4-7-11-15)19-16-12-8-5-9-13-16;/h2-14H,1H2,(H,18,19);1H. The smallest absolute Gasteiger partial charge is 0.130 e. The number of hydrogen-bond donors (Lipinski definition) is 1. The zero-order valence-electron chi connectivity index (χ0n) is 11.1. The van der Waals surface area contributed by atoms with Crippen LogP contribution in [0, 0.1) is 0 Å². The Morgan fingerprint density at radius 1 is 0.950 bits per heavy atom. The van der Waals surface area contributed by atoms with Crippen LogP contribution in [0.3, 0.4) is 0 Å². The molecule has 2 aromatic rings. The molecule has 2 nitrogen and oxygen atoms in total. The third-order valence-electron chi connectivity index (χ3n) is 2.44. The van der Waals surface area contributed by atoms with E-state index >= 15 is 0 Å². The van der Waals surface area contributed by atoms with Gasteiger partial charge in [-0.2, -0.15) is 0 Å². The molecular weight excluding hydrogens is 268 g/mol. The molecule has 0 atom stereocenters. The molecule has 1 N–H and O–H groups in total. The van der Waals surface area contributed by atoms with Gasteiger partial charge in [-0.1, -0.05) is 55.1 Å². The second-order valence-corrected chi connectivity index (χ2v) is 3.92. The minimum atomic E-state index is 0. The topological polar surface area (TPSA) is 24.4 Å². The Labute approximate surface area is 126 Å². The number of nitrogens with zero attached hydrogens (tertiary/aromatic N) is 1. The first-order valence-corrected chi connectivity index (χ1v) is 6.13. The fourth-order valence-corrected chi connectivity index (χ4v) is 1.58. The SMILES string of the molecule is C=CC=CC(=Nc1ccccc1)Nc1ccccc1.Cl. The molecule has 0 saturated carbocycles. The Kier molecular flexibility index (Phi) is 6.87. The van der Waals surface area contributed by atoms with Crippen molar-refractivity contribution in [3.8, 4) is 0 Å². The average molecular weight is 285 g/mol. The lowest BCUT2D eigenvalue weighted by molar-refractivity contribution is 1.49. The van der Waals surface area contributed by atoms with Crippen LogP contribution < -0.4 is 5.32 Å². The van der Waals surface area contributed by atoms with Gasteiger partial charge in [-0.3, -0.25) is 0 Å². The number of anilines is 1. The first-order valence-electron chi connectivity index (χ1n) is 6.13. The summed E-state index contributed by atoms with van der Waals surface area (Å²) in [7, 11) is 0. The molecule has 20 heavy (non-hydrogen) atoms. The molecule has 0 fully saturated rings. The average Bonchev–Trinajstić information content (AvgIpc) is 2.47. The number of rotatable bonds is 4. The third-order valence-corrected chi connectivity index (χ3v) is 2.44. The summed E-state index contributed by atoms with van der Waals surface area (Å²) in [5.74, 6) is 0.775. The van der Waals surface area contributed by atoms with Crippen molar-refractivity contribution >= 4 is 29.6 Å². The van der Waals surface area contributed by atoms with Gasteiger partial charge < -0.3 is 5.32 Å². The van der Waals surface area contributed by atoms with Gasteiger partial charge in [-0.05, 0) is 30.3 Å². The molecule has 2 aromatic carbocycles. The predicted octanol–water partition coefficient (Wildman–Crippen LogP) is 4.99. The second kappa shape index (κ2) is 8.73. The Morgan fingerprint density at radius 3 is 2.15 bits per heavy atom. The lowest BCUT2D eigenvalue weighted by atomic mass is 10.3. The molecule has 0 radical (unpaired) electrons. The van der Waals surface area contributed by atoms with E-state index in [2.05, 4.69) is 16.9 Å². The molecule has 0 aliphatic rings. The summed E-state index contributed by atoms with van der Waals surface area (Å²) in [6.45, 7) is 3.68. The Bertz CT molecular complexity index is 574. The highest BCUT2D eigenvalue weighted by atomic mass is 35.5. The molecule has 0 spiro atoms. The van der Waals surface area contributed by atoms with Crippen molar-refractivity contribution in [3.05, 3.63) is 85.5 Å². The van der Waals surface area contributed by atoms with E-state index in [0.717, 1.165) is 17.2 Å². The maximum atomic E-state index is 4.56. The van der Waals surface area contributed by atoms with Gasteiger partial charge in [0.05, 0.1) is 5.69 Å². The van der Waals surface area contributed by atoms with E-state index in [1.54, 1.807) is 6.08 Å². The molecule has 0 heterocycles. The van der Waals surface area contributed by atoms with E-state index in [9.17, 15) is 0 Å². The van der Waals surface area contributed by atoms with E-state index in [0.29, 0.717) is 0 Å². The fourth-order valence-electron chi connectivity index (χ4n) is 1.58. The number of allylic oxidation sites excluding steroid dienone is 2. The number of benzene rings is 2. The van der Waals surface area contributed by atoms with Crippen LogP contribution in [-0.4, -0.2) is 5.84 Å². The van der Waals surface area contributed by atoms with Gasteiger partial charge in [-0.15, -0.1) is 12.4 Å². The summed E-state index contributed by atoms with van der Waals surface area (Å²) in [4.78, 5) is 4.56. The van der Waals surface area contributed by atoms with Crippen molar-refractivity contribution in [1.29, 1.82) is 0 Å². The summed E-state index contributed by atoms with van der Waals surface area (Å²) < 4.78 is 0. The molecule has 0 aliphatic carbocycles. The van der Waals surface area contributed by atoms with Crippen molar-refractivity contribution in [1.82, 2.24) is 0 Å². The molecule has 0 aliphatic heterocycles. The van der Waals surface area contributed by atoms with E-state index in [1.807, 2.05) is 72.8 Å². The highest BCUT2D eigenvalue weighted by Crippen LogP contribution is 2.12. The van der Waals surface area contributed by atoms with Crippen molar-refractivity contribution in [2.75, 3.05) is 5.32 Å². The Hall–Kier alpha value is -2.32. The summed E-state index contributed by atoms with van der Waals surface area (Å²) in [5, 5.41) is 3.28. The largest absolute Gasteiger partial charge is 0.340 e. The van der Waals surface area contributed by atoms with E-state index < -0.39 is 0 Å². The zero-order valence-corrected chi connectivity index (χ0v) is 11.9. The van der Waals surface area contributed by atoms with Crippen LogP contribution in [0.4, 0.5) is 11.4 Å². The lowest BCUT2D eigenvalue weighted by Crippen LogP contribution is -2.08. The van der Waals surface area contributed by atoms with Crippen LogP contribution in [-0.2, 0) is 0 Å². The fraction of sp³-hybridized carbons (Fsp3) is 0. The molecule has 0 amide bonds. The first-order chi connectivity index (χ1) is 9.38. The predicted molar refractivity (Wildman–Crippen MR) is 90.2 cm³/mol. The number of amidine groups is 1. The van der Waals surface area contributed by atoms with Crippen molar-refractivity contribution in [2.45, 2.75) is 0 Å². The maximum absolute atomic E-state index is 4.56. The van der Waals surface area contributed by atoms with Crippen LogP contribution >= 0.6 is 12.4 Å². The van der Waals surface area contributed by atoms with Gasteiger partial charge in [0.1, 0.15) is 5.84 Å². The van der Waals surface area contributed by atoms with Crippen molar-refractivity contribution < 1.29 is 0 Å². The third kappa shape index (κ3) is 5.12. The van der Waals surface area contributed by atoms with Crippen LogP contribution in [0.2, 0.25) is 0 Å². The first kappa shape index (κ1) is 15.7. The summed E-state index contributed by atoms with van der Waals surface area (Å²) in [6.07, 6.45) is 5.48. The number of halogens is 1. The lowest BCUT2D eigenvalue weighted by Gasteiger charge is -2.06. The van der Waals surface area contributed by atoms with E-state index in [1.165, 1.54) is 0 Å². The van der Waals surface area contributed by atoms with Crippen LogP contribution in [0.5, 0.6) is 0 Å². The zero-order chi connectivity index (χ0) is 13.3. The van der Waals surface area contributed by atoms with E-state index in [4.69, 9.17) is 0 Å². The van der Waals surface area contributed by atoms with Crippen LogP contribution in [0.15, 0.2) is 90.5 Å². The molecule has 3 heteroatoms. The Balaban J connectivity index is 0.00000200. The molecule has 0 saturated heterocycles. The van der Waals surface area contributed by atoms with Gasteiger partial charge >= 0.3 is 0 Å². The molecule has 0 unspecified atom stereocenters. The number of aliphatic imine (C=N–C) groups is 1. The van der Waals surface area contributed by atoms with Gasteiger partial charge in [0, 0.05) is 5.69 Å². The maximum Gasteiger partial charge on any atom is 0.130 e. The molecular formula is C17H17ClN2. The normalized spacial score (nSPS) is 10.9. The van der Waals surface area contributed by atoms with Crippen molar-refractivity contribution in [3.63, 3.8) is 0 Å². The van der Waals surface area contributed by atoms with Crippen LogP contribution in [0.1, 0.15) is 0 Å². The van der Waals surface area contributed by atoms with Crippen LogP contribution in [0.25, 0.3) is 0 Å². The molecule has 102 valence electrons. The number of para-hydroxylation sites is 2. The number of hydrogen-bond acceptors (Lipinski definition) is 1. The monoisotopic (exact) mass is 284 g/mol. The molecule has 0 aromatic heterocycles. The molecule has 0 bridgehead atoms. The van der Waals surface area contributed by atoms with E-state index in [-0.39, 0.29) is 12.4 Å². The minimum absolute atomic E-state index is 0. The van der Waals surface area contributed by atoms with Gasteiger partial charge in [0.15, 0.2) is 0 Å². The van der Waals surface area contributed by atoms with Crippen molar-refractivity contribution in [2.24, 2.45) is 4.99 Å². The quantitative estimate of drug-likeness (QED) is 0.477. The molecule has 2 rings (SSSR count). The highest BCUT2D eigenvalue weighted by Gasteiger charge is 1.96.